The van der Waals surface area contributed by atoms with Gasteiger partial charge < -0.3 is 0 Å². The zero-order valence-corrected chi connectivity index (χ0v) is 19.8. The van der Waals surface area contributed by atoms with Crippen molar-refractivity contribution in [2.45, 2.75) is 97.6 Å². The van der Waals surface area contributed by atoms with Crippen LogP contribution in [0.2, 0.25) is 0 Å². The Morgan fingerprint density at radius 3 is 2.38 bits per heavy atom. The summed E-state index contributed by atoms with van der Waals surface area (Å²) in [5.41, 5.74) is 4.70. The number of hydrazine groups is 1. The molecule has 1 spiro atoms. The fourth-order valence-corrected chi connectivity index (χ4v) is 5.59. The van der Waals surface area contributed by atoms with Gasteiger partial charge >= 0.3 is 0 Å². The molecular formula is C26H45N3. The molecule has 2 aliphatic rings. The number of hydrogen-bond donors (Lipinski definition) is 1. The molecule has 1 aromatic rings. The third-order valence-corrected chi connectivity index (χ3v) is 7.67. The van der Waals surface area contributed by atoms with Gasteiger partial charge in [-0.25, -0.2) is 10.0 Å². The highest BCUT2D eigenvalue weighted by Gasteiger charge is 2.55. The molecule has 0 aromatic heterocycles. The number of benzene rings is 1. The summed E-state index contributed by atoms with van der Waals surface area (Å²) in [5.74, 6) is 1.39. The van der Waals surface area contributed by atoms with Crippen molar-refractivity contribution in [2.75, 3.05) is 26.2 Å². The van der Waals surface area contributed by atoms with E-state index in [1.807, 2.05) is 0 Å². The zero-order chi connectivity index (χ0) is 20.9. The van der Waals surface area contributed by atoms with Crippen molar-refractivity contribution < 1.29 is 0 Å². The molecule has 3 rings (SSSR count). The molecule has 3 unspecified atom stereocenters. The lowest BCUT2D eigenvalue weighted by Gasteiger charge is -2.64. The van der Waals surface area contributed by atoms with Crippen molar-refractivity contribution in [3.05, 3.63) is 34.9 Å². The number of aryl methyl sites for hydroxylation is 1. The van der Waals surface area contributed by atoms with Crippen LogP contribution >= 0.6 is 0 Å². The quantitative estimate of drug-likeness (QED) is 0.486. The Balaban J connectivity index is 1.76. The summed E-state index contributed by atoms with van der Waals surface area (Å²) in [6.07, 6.45) is 10.5. The molecule has 2 heterocycles. The third kappa shape index (κ3) is 4.89. The zero-order valence-electron chi connectivity index (χ0n) is 19.8. The van der Waals surface area contributed by atoms with Crippen LogP contribution in [-0.2, 0) is 0 Å². The molecule has 164 valence electrons. The van der Waals surface area contributed by atoms with Crippen LogP contribution < -0.4 is 5.32 Å². The lowest BCUT2D eigenvalue weighted by molar-refractivity contribution is -0.237. The Morgan fingerprint density at radius 1 is 1.07 bits per heavy atom. The summed E-state index contributed by atoms with van der Waals surface area (Å²) < 4.78 is 0. The minimum absolute atomic E-state index is 0.164. The van der Waals surface area contributed by atoms with Crippen LogP contribution in [0.3, 0.4) is 0 Å². The lowest BCUT2D eigenvalue weighted by Crippen LogP contribution is -2.79. The van der Waals surface area contributed by atoms with Crippen LogP contribution in [-0.4, -0.2) is 41.9 Å². The van der Waals surface area contributed by atoms with E-state index >= 15 is 0 Å². The van der Waals surface area contributed by atoms with Gasteiger partial charge in [0, 0.05) is 25.6 Å². The van der Waals surface area contributed by atoms with Crippen LogP contribution in [0.15, 0.2) is 18.2 Å². The fourth-order valence-electron chi connectivity index (χ4n) is 5.59. The molecule has 2 aliphatic heterocycles. The predicted octanol–water partition coefficient (Wildman–Crippen LogP) is 6.02. The Bertz CT molecular complexity index is 633. The maximum Gasteiger partial charge on any atom is 0.0892 e. The first-order valence-electron chi connectivity index (χ1n) is 12.4. The van der Waals surface area contributed by atoms with Gasteiger partial charge in [0.25, 0.3) is 0 Å². The maximum absolute atomic E-state index is 4.01. The van der Waals surface area contributed by atoms with Crippen LogP contribution in [0.4, 0.5) is 0 Å². The van der Waals surface area contributed by atoms with E-state index < -0.39 is 0 Å². The summed E-state index contributed by atoms with van der Waals surface area (Å²) in [5, 5.41) is 9.49. The second kappa shape index (κ2) is 10.4. The number of nitrogens with zero attached hydrogens (tertiary/aromatic N) is 2. The number of piperidine rings is 1. The maximum atomic E-state index is 4.01. The van der Waals surface area contributed by atoms with Gasteiger partial charge in [-0.05, 0) is 68.7 Å². The fraction of sp³-hybridized carbons (Fsp3) is 0.769. The average Bonchev–Trinajstić information content (AvgIpc) is 2.73. The van der Waals surface area contributed by atoms with E-state index in [1.54, 1.807) is 5.56 Å². The molecule has 2 saturated heterocycles. The Morgan fingerprint density at radius 2 is 1.76 bits per heavy atom. The highest BCUT2D eigenvalue weighted by Crippen LogP contribution is 2.46. The number of unbranched alkanes of at least 4 members (excludes halogenated alkanes) is 4. The smallest absolute Gasteiger partial charge is 0.0892 e. The van der Waals surface area contributed by atoms with Gasteiger partial charge in [-0.15, -0.1) is 0 Å². The largest absolute Gasteiger partial charge is 0.298 e. The first kappa shape index (κ1) is 22.8. The Kier molecular flexibility index (Phi) is 8.18. The molecule has 3 nitrogen and oxygen atoms in total. The third-order valence-electron chi connectivity index (χ3n) is 7.67. The second-order valence-corrected chi connectivity index (χ2v) is 9.68. The minimum Gasteiger partial charge on any atom is -0.298 e. The molecule has 1 aromatic carbocycles. The molecule has 3 atom stereocenters. The lowest BCUT2D eigenvalue weighted by atomic mass is 9.71. The number of hydrogen-bond acceptors (Lipinski definition) is 3. The summed E-state index contributed by atoms with van der Waals surface area (Å²) in [7, 11) is 0. The first-order chi connectivity index (χ1) is 14.0. The first-order valence-corrected chi connectivity index (χ1v) is 12.4. The molecule has 0 amide bonds. The summed E-state index contributed by atoms with van der Waals surface area (Å²) >= 11 is 0. The van der Waals surface area contributed by atoms with E-state index in [4.69, 9.17) is 0 Å². The number of nitrogens with one attached hydrogen (secondary N) is 1. The number of rotatable bonds is 10. The van der Waals surface area contributed by atoms with Crippen LogP contribution in [0, 0.1) is 19.8 Å². The molecule has 1 N–H and O–H groups in total. The van der Waals surface area contributed by atoms with E-state index in [2.05, 4.69) is 68.2 Å². The van der Waals surface area contributed by atoms with E-state index in [0.29, 0.717) is 5.92 Å². The van der Waals surface area contributed by atoms with Crippen molar-refractivity contribution in [1.82, 2.24) is 15.3 Å². The molecule has 0 bridgehead atoms. The molecule has 0 saturated carbocycles. The van der Waals surface area contributed by atoms with Gasteiger partial charge in [0.05, 0.1) is 5.66 Å². The van der Waals surface area contributed by atoms with Gasteiger partial charge in [0.1, 0.15) is 0 Å². The molecular weight excluding hydrogens is 354 g/mol. The summed E-state index contributed by atoms with van der Waals surface area (Å²) in [4.78, 5) is 0. The summed E-state index contributed by atoms with van der Waals surface area (Å²) in [6, 6.07) is 6.91. The van der Waals surface area contributed by atoms with Crippen LogP contribution in [0.1, 0.15) is 94.7 Å². The van der Waals surface area contributed by atoms with Crippen molar-refractivity contribution in [2.24, 2.45) is 5.92 Å². The monoisotopic (exact) mass is 399 g/mol. The van der Waals surface area contributed by atoms with E-state index in [9.17, 15) is 0 Å². The van der Waals surface area contributed by atoms with E-state index in [-0.39, 0.29) is 5.66 Å². The minimum atomic E-state index is 0.164. The molecule has 3 heteroatoms. The van der Waals surface area contributed by atoms with Gasteiger partial charge in [-0.1, -0.05) is 64.7 Å². The van der Waals surface area contributed by atoms with Gasteiger partial charge in [0.15, 0.2) is 0 Å². The van der Waals surface area contributed by atoms with E-state index in [1.165, 1.54) is 82.1 Å². The van der Waals surface area contributed by atoms with Crippen molar-refractivity contribution in [3.63, 3.8) is 0 Å². The molecule has 2 fully saturated rings. The molecule has 0 radical (unpaired) electrons. The average molecular weight is 400 g/mol. The Labute approximate surface area is 180 Å². The topological polar surface area (TPSA) is 18.5 Å². The van der Waals surface area contributed by atoms with Gasteiger partial charge in [-0.3, -0.25) is 5.32 Å². The molecule has 0 aliphatic carbocycles. The summed E-state index contributed by atoms with van der Waals surface area (Å²) in [6.45, 7) is 16.5. The van der Waals surface area contributed by atoms with Gasteiger partial charge in [0.2, 0.25) is 0 Å². The molecule has 29 heavy (non-hydrogen) atoms. The van der Waals surface area contributed by atoms with Crippen molar-refractivity contribution in [3.8, 4) is 0 Å². The normalized spacial score (nSPS) is 27.5. The van der Waals surface area contributed by atoms with Crippen LogP contribution in [0.25, 0.3) is 0 Å². The Hall–Kier alpha value is -0.900. The predicted molar refractivity (Wildman–Crippen MR) is 125 cm³/mol. The van der Waals surface area contributed by atoms with Gasteiger partial charge in [-0.2, -0.15) is 0 Å². The van der Waals surface area contributed by atoms with Crippen LogP contribution in [0.5, 0.6) is 0 Å². The van der Waals surface area contributed by atoms with E-state index in [0.717, 1.165) is 12.5 Å². The van der Waals surface area contributed by atoms with Crippen molar-refractivity contribution >= 4 is 0 Å². The highest BCUT2D eigenvalue weighted by molar-refractivity contribution is 5.36. The highest BCUT2D eigenvalue weighted by atomic mass is 15.7. The standard InChI is InChI=1S/C26H45N3/c1-6-8-10-17-28(18-11-9-7-2)29-20-22(4)26(29)19-24(15-16-27-26)25-14-12-13-21(3)23(25)5/h12-14,22,24,27H,6-11,15-20H2,1-5H3. The SMILES string of the molecule is CCCCCN(CCCCC)N1CC(C)C12CC(c1cccc(C)c1C)CCN2. The van der Waals surface area contributed by atoms with Crippen molar-refractivity contribution in [1.29, 1.82) is 0 Å². The second-order valence-electron chi connectivity index (χ2n) is 9.68.